The van der Waals surface area contributed by atoms with Gasteiger partial charge >= 0.3 is 0 Å². The lowest BCUT2D eigenvalue weighted by Gasteiger charge is -2.35. The summed E-state index contributed by atoms with van der Waals surface area (Å²) in [6.07, 6.45) is 1.45. The third kappa shape index (κ3) is 4.65. The van der Waals surface area contributed by atoms with Crippen LogP contribution in [0.5, 0.6) is 0 Å². The summed E-state index contributed by atoms with van der Waals surface area (Å²) in [7, 11) is -3.70. The largest absolute Gasteiger partial charge is 0.372 e. The van der Waals surface area contributed by atoms with E-state index < -0.39 is 15.7 Å². The smallest absolute Gasteiger partial charge is 0.242 e. The highest BCUT2D eigenvalue weighted by Gasteiger charge is 2.27. The van der Waals surface area contributed by atoms with E-state index in [1.165, 1.54) is 30.5 Å². The fourth-order valence-electron chi connectivity index (χ4n) is 4.10. The Morgan fingerprint density at radius 2 is 1.71 bits per heavy atom. The van der Waals surface area contributed by atoms with Crippen molar-refractivity contribution in [2.45, 2.75) is 43.2 Å². The number of morpholine rings is 1. The van der Waals surface area contributed by atoms with E-state index in [2.05, 4.69) is 0 Å². The van der Waals surface area contributed by atoms with Crippen LogP contribution in [0.3, 0.4) is 0 Å². The van der Waals surface area contributed by atoms with E-state index in [-0.39, 0.29) is 35.3 Å². The zero-order chi connectivity index (χ0) is 22.2. The van der Waals surface area contributed by atoms with Crippen molar-refractivity contribution in [3.63, 3.8) is 0 Å². The number of sulfone groups is 1. The Balaban J connectivity index is 1.64. The number of aromatic nitrogens is 1. The molecule has 0 bridgehead atoms. The molecule has 2 aromatic carbocycles. The van der Waals surface area contributed by atoms with E-state index in [1.807, 2.05) is 26.0 Å². The van der Waals surface area contributed by atoms with Crippen LogP contribution >= 0.6 is 0 Å². The lowest BCUT2D eigenvalue weighted by Crippen LogP contribution is -2.49. The number of benzene rings is 2. The molecule has 0 aliphatic carbocycles. The molecule has 1 aliphatic rings. The van der Waals surface area contributed by atoms with Crippen LogP contribution in [-0.2, 0) is 31.7 Å². The number of ether oxygens (including phenoxy) is 1. The van der Waals surface area contributed by atoms with Gasteiger partial charge in [-0.3, -0.25) is 4.79 Å². The molecule has 31 heavy (non-hydrogen) atoms. The minimum atomic E-state index is -3.70. The standard InChI is InChI=1S/C23H25FN2O4S/c1-16-11-26(12-17(2)30-16)23(27)14-25-13-22(20-5-3-4-6-21(20)25)31(28,29)15-18-7-9-19(24)10-8-18/h3-10,13,16-17H,11-12,14-15H2,1-2H3/t16-,17-/m0/s1. The summed E-state index contributed by atoms with van der Waals surface area (Å²) in [5.74, 6) is -0.735. The Morgan fingerprint density at radius 3 is 2.39 bits per heavy atom. The van der Waals surface area contributed by atoms with Gasteiger partial charge in [-0.05, 0) is 37.6 Å². The lowest BCUT2D eigenvalue weighted by molar-refractivity contribution is -0.143. The molecule has 164 valence electrons. The van der Waals surface area contributed by atoms with Crippen molar-refractivity contribution >= 4 is 26.6 Å². The molecule has 0 spiro atoms. The zero-order valence-electron chi connectivity index (χ0n) is 17.5. The van der Waals surface area contributed by atoms with Crippen LogP contribution in [0.25, 0.3) is 10.9 Å². The van der Waals surface area contributed by atoms with Crippen LogP contribution in [0.15, 0.2) is 59.6 Å². The quantitative estimate of drug-likeness (QED) is 0.605. The molecule has 6 nitrogen and oxygen atoms in total. The minimum absolute atomic E-state index is 0.0410. The van der Waals surface area contributed by atoms with Crippen molar-refractivity contribution in [1.82, 2.24) is 9.47 Å². The molecule has 1 amide bonds. The Labute approximate surface area is 181 Å². The molecule has 0 unspecified atom stereocenters. The summed E-state index contributed by atoms with van der Waals surface area (Å²) in [5.41, 5.74) is 1.19. The first kappa shape index (κ1) is 21.5. The highest BCUT2D eigenvalue weighted by molar-refractivity contribution is 7.90. The topological polar surface area (TPSA) is 68.6 Å². The lowest BCUT2D eigenvalue weighted by atomic mass is 10.2. The van der Waals surface area contributed by atoms with Gasteiger partial charge in [-0.1, -0.05) is 30.3 Å². The Hall–Kier alpha value is -2.71. The first-order valence-electron chi connectivity index (χ1n) is 10.2. The molecular formula is C23H25FN2O4S. The van der Waals surface area contributed by atoms with E-state index in [1.54, 1.807) is 21.6 Å². The second-order valence-corrected chi connectivity index (χ2v) is 10.0. The molecule has 0 saturated carbocycles. The number of fused-ring (bicyclic) bond motifs is 1. The average Bonchev–Trinajstić information content (AvgIpc) is 3.08. The highest BCUT2D eigenvalue weighted by Crippen LogP contribution is 2.28. The van der Waals surface area contributed by atoms with E-state index >= 15 is 0 Å². The third-order valence-corrected chi connectivity index (χ3v) is 7.14. The van der Waals surface area contributed by atoms with Crippen molar-refractivity contribution in [2.75, 3.05) is 13.1 Å². The summed E-state index contributed by atoms with van der Waals surface area (Å²) in [6, 6.07) is 12.6. The number of hydrogen-bond acceptors (Lipinski definition) is 4. The number of carbonyl (C=O) groups excluding carboxylic acids is 1. The van der Waals surface area contributed by atoms with Gasteiger partial charge in [-0.15, -0.1) is 0 Å². The molecule has 1 aliphatic heterocycles. The van der Waals surface area contributed by atoms with Gasteiger partial charge in [0.05, 0.1) is 22.9 Å². The fraction of sp³-hybridized carbons (Fsp3) is 0.348. The van der Waals surface area contributed by atoms with Crippen LogP contribution in [0, 0.1) is 5.82 Å². The predicted octanol–water partition coefficient (Wildman–Crippen LogP) is 3.39. The second-order valence-electron chi connectivity index (χ2n) is 8.08. The maximum Gasteiger partial charge on any atom is 0.242 e. The molecule has 1 fully saturated rings. The van der Waals surface area contributed by atoms with Gasteiger partial charge in [0.1, 0.15) is 12.4 Å². The van der Waals surface area contributed by atoms with E-state index in [0.717, 1.165) is 0 Å². The number of hydrogen-bond donors (Lipinski definition) is 0. The molecule has 2 heterocycles. The van der Waals surface area contributed by atoms with Crippen LogP contribution in [0.4, 0.5) is 4.39 Å². The molecule has 1 saturated heterocycles. The summed E-state index contributed by atoms with van der Waals surface area (Å²) >= 11 is 0. The maximum atomic E-state index is 13.2. The van der Waals surface area contributed by atoms with Crippen molar-refractivity contribution in [3.05, 3.63) is 66.1 Å². The normalized spacial score (nSPS) is 19.6. The maximum absolute atomic E-state index is 13.2. The summed E-state index contributed by atoms with van der Waals surface area (Å²) in [6.45, 7) is 4.93. The van der Waals surface area contributed by atoms with Crippen molar-refractivity contribution in [2.24, 2.45) is 0 Å². The van der Waals surface area contributed by atoms with E-state index in [0.29, 0.717) is 29.6 Å². The molecular weight excluding hydrogens is 419 g/mol. The van der Waals surface area contributed by atoms with Gasteiger partial charge < -0.3 is 14.2 Å². The first-order chi connectivity index (χ1) is 14.7. The van der Waals surface area contributed by atoms with Crippen molar-refractivity contribution < 1.29 is 22.3 Å². The van der Waals surface area contributed by atoms with E-state index in [9.17, 15) is 17.6 Å². The Kier molecular flexibility index (Phi) is 5.85. The predicted molar refractivity (Wildman–Crippen MR) is 116 cm³/mol. The van der Waals surface area contributed by atoms with Crippen LogP contribution in [0.2, 0.25) is 0 Å². The van der Waals surface area contributed by atoms with Crippen LogP contribution in [-0.4, -0.2) is 49.1 Å². The summed E-state index contributed by atoms with van der Waals surface area (Å²) in [5, 5.41) is 0.570. The van der Waals surface area contributed by atoms with E-state index in [4.69, 9.17) is 4.74 Å². The zero-order valence-corrected chi connectivity index (χ0v) is 18.3. The number of amides is 1. The van der Waals surface area contributed by atoms with Gasteiger partial charge in [0.25, 0.3) is 0 Å². The fourth-order valence-corrected chi connectivity index (χ4v) is 5.68. The molecule has 8 heteroatoms. The van der Waals surface area contributed by atoms with Gasteiger partial charge in [-0.2, -0.15) is 0 Å². The number of rotatable bonds is 5. The summed E-state index contributed by atoms with van der Waals surface area (Å²) < 4.78 is 46.9. The molecule has 0 radical (unpaired) electrons. The van der Waals surface area contributed by atoms with Crippen molar-refractivity contribution in [1.29, 1.82) is 0 Å². The van der Waals surface area contributed by atoms with Gasteiger partial charge in [0.15, 0.2) is 9.84 Å². The molecule has 0 N–H and O–H groups in total. The molecule has 3 aromatic rings. The Bertz CT molecular complexity index is 1190. The SMILES string of the molecule is C[C@H]1CN(C(=O)Cn2cc(S(=O)(=O)Cc3ccc(F)cc3)c3ccccc32)C[C@H](C)O1. The summed E-state index contributed by atoms with van der Waals surface area (Å²) in [4.78, 5) is 14.9. The first-order valence-corrected chi connectivity index (χ1v) is 11.9. The third-order valence-electron chi connectivity index (χ3n) is 5.43. The number of nitrogens with zero attached hydrogens (tertiary/aromatic N) is 2. The monoisotopic (exact) mass is 444 g/mol. The number of para-hydroxylation sites is 1. The number of carbonyl (C=O) groups is 1. The van der Waals surface area contributed by atoms with Crippen LogP contribution in [0.1, 0.15) is 19.4 Å². The van der Waals surface area contributed by atoms with Gasteiger partial charge in [-0.25, -0.2) is 12.8 Å². The highest BCUT2D eigenvalue weighted by atomic mass is 32.2. The number of halogens is 1. The van der Waals surface area contributed by atoms with Gasteiger partial charge in [0.2, 0.25) is 5.91 Å². The van der Waals surface area contributed by atoms with Gasteiger partial charge in [0, 0.05) is 30.2 Å². The molecule has 2 atom stereocenters. The van der Waals surface area contributed by atoms with Crippen LogP contribution < -0.4 is 0 Å². The average molecular weight is 445 g/mol. The molecule has 1 aromatic heterocycles. The molecule has 4 rings (SSSR count). The second kappa shape index (κ2) is 8.43. The minimum Gasteiger partial charge on any atom is -0.372 e. The Morgan fingerprint density at radius 1 is 1.06 bits per heavy atom. The van der Waals surface area contributed by atoms with Crippen molar-refractivity contribution in [3.8, 4) is 0 Å².